The Kier molecular flexibility index (Phi) is 3.62. The molecule has 0 fully saturated rings. The highest BCUT2D eigenvalue weighted by molar-refractivity contribution is 5.97. The largest absolute Gasteiger partial charge is 0.459 e. The quantitative estimate of drug-likeness (QED) is 0.378. The molecule has 0 bridgehead atoms. The van der Waals surface area contributed by atoms with Crippen molar-refractivity contribution in [1.29, 1.82) is 0 Å². The van der Waals surface area contributed by atoms with Gasteiger partial charge in [-0.3, -0.25) is 10.1 Å². The predicted octanol–water partition coefficient (Wildman–Crippen LogP) is 1.88. The average molecular weight is 242 g/mol. The molecule has 92 valence electrons. The third-order valence-electron chi connectivity index (χ3n) is 1.88. The standard InChI is InChI=1S/C10H11FN2O4/c1-5(2)17-10(14)7-3-6(11)4-8(9(7)12)13(15)16/h3-5H,12H2,1-2H3. The summed E-state index contributed by atoms with van der Waals surface area (Å²) in [6.07, 6.45) is -0.427. The molecular formula is C10H11FN2O4. The van der Waals surface area contributed by atoms with Crippen LogP contribution in [0.2, 0.25) is 0 Å². The number of halogens is 1. The van der Waals surface area contributed by atoms with Crippen molar-refractivity contribution >= 4 is 17.3 Å². The van der Waals surface area contributed by atoms with Crippen molar-refractivity contribution in [1.82, 2.24) is 0 Å². The van der Waals surface area contributed by atoms with Gasteiger partial charge in [0, 0.05) is 0 Å². The van der Waals surface area contributed by atoms with Crippen LogP contribution in [0, 0.1) is 15.9 Å². The zero-order chi connectivity index (χ0) is 13.2. The molecule has 0 aliphatic heterocycles. The number of hydrogen-bond acceptors (Lipinski definition) is 5. The summed E-state index contributed by atoms with van der Waals surface area (Å²) in [6, 6.07) is 1.47. The van der Waals surface area contributed by atoms with E-state index in [-0.39, 0.29) is 5.56 Å². The summed E-state index contributed by atoms with van der Waals surface area (Å²) in [6.45, 7) is 3.20. The minimum Gasteiger partial charge on any atom is -0.459 e. The molecule has 0 unspecified atom stereocenters. The molecule has 0 atom stereocenters. The molecule has 0 aromatic heterocycles. The van der Waals surface area contributed by atoms with Gasteiger partial charge in [0.05, 0.1) is 22.7 Å². The highest BCUT2D eigenvalue weighted by atomic mass is 19.1. The van der Waals surface area contributed by atoms with Gasteiger partial charge in [0.1, 0.15) is 11.5 Å². The summed E-state index contributed by atoms with van der Waals surface area (Å²) in [7, 11) is 0. The molecule has 17 heavy (non-hydrogen) atoms. The molecule has 0 radical (unpaired) electrons. The molecule has 0 saturated carbocycles. The number of rotatable bonds is 3. The Balaban J connectivity index is 3.25. The lowest BCUT2D eigenvalue weighted by molar-refractivity contribution is -0.384. The van der Waals surface area contributed by atoms with Crippen LogP contribution in [0.15, 0.2) is 12.1 Å². The molecule has 1 rings (SSSR count). The molecule has 2 N–H and O–H groups in total. The molecule has 6 nitrogen and oxygen atoms in total. The molecule has 0 aliphatic rings. The smallest absolute Gasteiger partial charge is 0.340 e. The second-order valence-corrected chi connectivity index (χ2v) is 3.60. The third kappa shape index (κ3) is 2.90. The van der Waals surface area contributed by atoms with E-state index in [1.54, 1.807) is 13.8 Å². The number of nitrogen functional groups attached to an aromatic ring is 1. The number of nitro benzene ring substituents is 1. The fraction of sp³-hybridized carbons (Fsp3) is 0.300. The summed E-state index contributed by atoms with van der Waals surface area (Å²) < 4.78 is 17.9. The number of carbonyl (C=O) groups excluding carboxylic acids is 1. The summed E-state index contributed by atoms with van der Waals surface area (Å²) >= 11 is 0. The number of benzene rings is 1. The maximum atomic E-state index is 13.1. The van der Waals surface area contributed by atoms with Gasteiger partial charge in [-0.25, -0.2) is 9.18 Å². The lowest BCUT2D eigenvalue weighted by atomic mass is 10.1. The first-order valence-corrected chi connectivity index (χ1v) is 4.77. The number of nitrogens with zero attached hydrogens (tertiary/aromatic N) is 1. The van der Waals surface area contributed by atoms with Crippen molar-refractivity contribution in [2.75, 3.05) is 5.73 Å². The maximum Gasteiger partial charge on any atom is 0.340 e. The number of hydrogen-bond donors (Lipinski definition) is 1. The van der Waals surface area contributed by atoms with E-state index in [4.69, 9.17) is 10.5 Å². The first kappa shape index (κ1) is 12.9. The van der Waals surface area contributed by atoms with E-state index in [0.717, 1.165) is 6.07 Å². The second kappa shape index (κ2) is 4.77. The zero-order valence-corrected chi connectivity index (χ0v) is 9.27. The molecule has 0 heterocycles. The van der Waals surface area contributed by atoms with Crippen LogP contribution in [-0.2, 0) is 4.74 Å². The van der Waals surface area contributed by atoms with E-state index in [0.29, 0.717) is 6.07 Å². The Bertz CT molecular complexity index is 474. The van der Waals surface area contributed by atoms with Crippen LogP contribution in [0.25, 0.3) is 0 Å². The molecule has 0 saturated heterocycles. The van der Waals surface area contributed by atoms with Crippen molar-refractivity contribution in [3.05, 3.63) is 33.6 Å². The Hall–Kier alpha value is -2.18. The highest BCUT2D eigenvalue weighted by Crippen LogP contribution is 2.27. The van der Waals surface area contributed by atoms with E-state index >= 15 is 0 Å². The van der Waals surface area contributed by atoms with Crippen LogP contribution in [0.5, 0.6) is 0 Å². The number of anilines is 1. The van der Waals surface area contributed by atoms with Crippen molar-refractivity contribution in [2.24, 2.45) is 0 Å². The van der Waals surface area contributed by atoms with Crippen molar-refractivity contribution in [3.63, 3.8) is 0 Å². The van der Waals surface area contributed by atoms with Crippen molar-refractivity contribution in [2.45, 2.75) is 20.0 Å². The minimum atomic E-state index is -0.915. The monoisotopic (exact) mass is 242 g/mol. The van der Waals surface area contributed by atoms with Crippen molar-refractivity contribution in [3.8, 4) is 0 Å². The average Bonchev–Trinajstić information content (AvgIpc) is 2.19. The molecule has 0 aliphatic carbocycles. The van der Waals surface area contributed by atoms with Crippen LogP contribution >= 0.6 is 0 Å². The molecular weight excluding hydrogens is 231 g/mol. The second-order valence-electron chi connectivity index (χ2n) is 3.60. The predicted molar refractivity (Wildman–Crippen MR) is 58.0 cm³/mol. The van der Waals surface area contributed by atoms with E-state index in [9.17, 15) is 19.3 Å². The van der Waals surface area contributed by atoms with Gasteiger partial charge in [-0.15, -0.1) is 0 Å². The SMILES string of the molecule is CC(C)OC(=O)c1cc(F)cc([N+](=O)[O-])c1N. The van der Waals surface area contributed by atoms with Crippen LogP contribution in [0.3, 0.4) is 0 Å². The maximum absolute atomic E-state index is 13.1. The summed E-state index contributed by atoms with van der Waals surface area (Å²) in [5.41, 5.74) is 4.03. The van der Waals surface area contributed by atoms with E-state index in [2.05, 4.69) is 0 Å². The van der Waals surface area contributed by atoms with Crippen LogP contribution < -0.4 is 5.73 Å². The van der Waals surface area contributed by atoms with E-state index in [1.807, 2.05) is 0 Å². The lowest BCUT2D eigenvalue weighted by Gasteiger charge is -2.09. The molecule has 1 aromatic carbocycles. The van der Waals surface area contributed by atoms with E-state index in [1.165, 1.54) is 0 Å². The van der Waals surface area contributed by atoms with Crippen LogP contribution in [-0.4, -0.2) is 17.0 Å². The first-order chi connectivity index (χ1) is 7.82. The first-order valence-electron chi connectivity index (χ1n) is 4.77. The summed E-state index contributed by atoms with van der Waals surface area (Å²) in [5, 5.41) is 10.6. The van der Waals surface area contributed by atoms with Gasteiger partial charge in [-0.1, -0.05) is 0 Å². The van der Waals surface area contributed by atoms with E-state index < -0.39 is 34.2 Å². The number of carbonyl (C=O) groups is 1. The number of ether oxygens (including phenoxy) is 1. The lowest BCUT2D eigenvalue weighted by Crippen LogP contribution is -2.14. The fourth-order valence-corrected chi connectivity index (χ4v) is 1.20. The Morgan fingerprint density at radius 3 is 2.59 bits per heavy atom. The fourth-order valence-electron chi connectivity index (χ4n) is 1.20. The Morgan fingerprint density at radius 1 is 1.53 bits per heavy atom. The molecule has 7 heteroatoms. The number of esters is 1. The highest BCUT2D eigenvalue weighted by Gasteiger charge is 2.23. The summed E-state index contributed by atoms with van der Waals surface area (Å²) in [4.78, 5) is 21.2. The molecule has 0 amide bonds. The summed E-state index contributed by atoms with van der Waals surface area (Å²) in [5.74, 6) is -1.80. The Labute approximate surface area is 96.3 Å². The van der Waals surface area contributed by atoms with Gasteiger partial charge in [0.15, 0.2) is 0 Å². The van der Waals surface area contributed by atoms with Crippen molar-refractivity contribution < 1.29 is 18.8 Å². The topological polar surface area (TPSA) is 95.5 Å². The van der Waals surface area contributed by atoms with Gasteiger partial charge in [0.25, 0.3) is 5.69 Å². The van der Waals surface area contributed by atoms with Gasteiger partial charge in [-0.05, 0) is 19.9 Å². The number of nitro groups is 1. The third-order valence-corrected chi connectivity index (χ3v) is 1.88. The van der Waals surface area contributed by atoms with Crippen LogP contribution in [0.1, 0.15) is 24.2 Å². The molecule has 1 aromatic rings. The molecule has 0 spiro atoms. The Morgan fingerprint density at radius 2 is 2.12 bits per heavy atom. The van der Waals surface area contributed by atoms with Gasteiger partial charge < -0.3 is 10.5 Å². The number of nitrogens with two attached hydrogens (primary N) is 1. The minimum absolute atomic E-state index is 0.342. The van der Waals surface area contributed by atoms with Gasteiger partial charge in [-0.2, -0.15) is 0 Å². The van der Waals surface area contributed by atoms with Gasteiger partial charge in [0.2, 0.25) is 0 Å². The van der Waals surface area contributed by atoms with Gasteiger partial charge >= 0.3 is 5.97 Å². The normalized spacial score (nSPS) is 10.4. The zero-order valence-electron chi connectivity index (χ0n) is 9.27. The van der Waals surface area contributed by atoms with Crippen LogP contribution in [0.4, 0.5) is 15.8 Å².